The molecule has 0 atom stereocenters. The van der Waals surface area contributed by atoms with E-state index < -0.39 is 5.97 Å². The topological polar surface area (TPSA) is 67.8 Å². The number of esters is 1. The normalized spacial score (nSPS) is 10.7. The smallest absolute Gasteiger partial charge is 0.345 e. The number of hydrazone groups is 1. The highest BCUT2D eigenvalue weighted by molar-refractivity contribution is 7.10. The van der Waals surface area contributed by atoms with Crippen molar-refractivity contribution in [2.75, 3.05) is 0 Å². The standard InChI is InChI=1S/C20H15ClN2O3S/c21-18-9-2-1-8-17(18)20(25)26-15-6-3-5-14(11-15)13-22-23-19(24)12-16-7-4-10-27-16/h1-11,13H,12H2,(H,23,24). The van der Waals surface area contributed by atoms with Crippen molar-refractivity contribution in [3.63, 3.8) is 0 Å². The molecule has 136 valence electrons. The molecule has 1 aromatic heterocycles. The predicted molar refractivity (Wildman–Crippen MR) is 107 cm³/mol. The average Bonchev–Trinajstić information content (AvgIpc) is 3.15. The zero-order valence-corrected chi connectivity index (χ0v) is 15.7. The van der Waals surface area contributed by atoms with Crippen molar-refractivity contribution in [2.24, 2.45) is 5.10 Å². The Morgan fingerprint density at radius 2 is 1.96 bits per heavy atom. The fourth-order valence-corrected chi connectivity index (χ4v) is 3.15. The summed E-state index contributed by atoms with van der Waals surface area (Å²) in [5, 5.41) is 6.18. The summed E-state index contributed by atoms with van der Waals surface area (Å²) >= 11 is 7.52. The van der Waals surface area contributed by atoms with Gasteiger partial charge in [-0.15, -0.1) is 11.3 Å². The number of hydrogen-bond acceptors (Lipinski definition) is 5. The molecule has 0 aliphatic rings. The van der Waals surface area contributed by atoms with Crippen molar-refractivity contribution < 1.29 is 14.3 Å². The third-order valence-corrected chi connectivity index (χ3v) is 4.69. The molecule has 7 heteroatoms. The van der Waals surface area contributed by atoms with Crippen molar-refractivity contribution >= 4 is 41.0 Å². The second-order valence-corrected chi connectivity index (χ2v) is 6.93. The van der Waals surface area contributed by atoms with Crippen LogP contribution in [0.15, 0.2) is 71.1 Å². The lowest BCUT2D eigenvalue weighted by molar-refractivity contribution is -0.120. The zero-order chi connectivity index (χ0) is 19.1. The van der Waals surface area contributed by atoms with E-state index in [1.54, 1.807) is 48.5 Å². The molecule has 0 radical (unpaired) electrons. The van der Waals surface area contributed by atoms with Crippen LogP contribution in [0.4, 0.5) is 0 Å². The molecule has 0 fully saturated rings. The van der Waals surface area contributed by atoms with Gasteiger partial charge in [-0.3, -0.25) is 4.79 Å². The molecular weight excluding hydrogens is 384 g/mol. The number of nitrogens with zero attached hydrogens (tertiary/aromatic N) is 1. The van der Waals surface area contributed by atoms with Crippen LogP contribution >= 0.6 is 22.9 Å². The Balaban J connectivity index is 1.59. The molecule has 2 aromatic carbocycles. The van der Waals surface area contributed by atoms with Crippen LogP contribution in [0.25, 0.3) is 0 Å². The molecule has 0 spiro atoms. The highest BCUT2D eigenvalue weighted by atomic mass is 35.5. The van der Waals surface area contributed by atoms with Gasteiger partial charge in [0.2, 0.25) is 5.91 Å². The van der Waals surface area contributed by atoms with Crippen molar-refractivity contribution in [3.05, 3.63) is 87.1 Å². The van der Waals surface area contributed by atoms with Gasteiger partial charge in [-0.2, -0.15) is 5.10 Å². The number of carbonyl (C=O) groups is 2. The fourth-order valence-electron chi connectivity index (χ4n) is 2.24. The number of hydrogen-bond donors (Lipinski definition) is 1. The minimum absolute atomic E-state index is 0.199. The molecule has 0 unspecified atom stereocenters. The van der Waals surface area contributed by atoms with Gasteiger partial charge >= 0.3 is 5.97 Å². The third kappa shape index (κ3) is 5.51. The molecule has 5 nitrogen and oxygen atoms in total. The molecule has 27 heavy (non-hydrogen) atoms. The van der Waals surface area contributed by atoms with Gasteiger partial charge in [0.05, 0.1) is 23.2 Å². The van der Waals surface area contributed by atoms with Crippen molar-refractivity contribution in [1.82, 2.24) is 5.43 Å². The summed E-state index contributed by atoms with van der Waals surface area (Å²) in [6.07, 6.45) is 1.77. The Morgan fingerprint density at radius 1 is 1.11 bits per heavy atom. The number of halogens is 1. The van der Waals surface area contributed by atoms with Crippen LogP contribution in [0, 0.1) is 0 Å². The van der Waals surface area contributed by atoms with Gasteiger partial charge in [-0.25, -0.2) is 10.2 Å². The van der Waals surface area contributed by atoms with E-state index >= 15 is 0 Å². The molecular formula is C20H15ClN2O3S. The summed E-state index contributed by atoms with van der Waals surface area (Å²) in [6.45, 7) is 0. The van der Waals surface area contributed by atoms with E-state index in [1.165, 1.54) is 17.6 Å². The lowest BCUT2D eigenvalue weighted by atomic mass is 10.2. The third-order valence-electron chi connectivity index (χ3n) is 3.48. The predicted octanol–water partition coefficient (Wildman–Crippen LogP) is 4.31. The quantitative estimate of drug-likeness (QED) is 0.291. The SMILES string of the molecule is O=C(Cc1cccs1)NN=Cc1cccc(OC(=O)c2ccccc2Cl)c1. The summed E-state index contributed by atoms with van der Waals surface area (Å²) in [5.74, 6) is -0.386. The average molecular weight is 399 g/mol. The lowest BCUT2D eigenvalue weighted by Gasteiger charge is -2.06. The van der Waals surface area contributed by atoms with E-state index in [4.69, 9.17) is 16.3 Å². The molecule has 0 bridgehead atoms. The van der Waals surface area contributed by atoms with Gasteiger partial charge in [-0.05, 0) is 41.3 Å². The largest absolute Gasteiger partial charge is 0.423 e. The maximum absolute atomic E-state index is 12.2. The Kier molecular flexibility index (Phi) is 6.35. The number of ether oxygens (including phenoxy) is 1. The molecule has 0 aliphatic carbocycles. The number of carbonyl (C=O) groups excluding carboxylic acids is 2. The van der Waals surface area contributed by atoms with Gasteiger partial charge < -0.3 is 4.74 Å². The van der Waals surface area contributed by atoms with E-state index in [0.717, 1.165) is 4.88 Å². The van der Waals surface area contributed by atoms with Crippen molar-refractivity contribution in [1.29, 1.82) is 0 Å². The van der Waals surface area contributed by atoms with E-state index in [0.29, 0.717) is 21.9 Å². The van der Waals surface area contributed by atoms with E-state index in [1.807, 2.05) is 17.5 Å². The first-order valence-corrected chi connectivity index (χ1v) is 9.28. The number of amides is 1. The molecule has 1 heterocycles. The first-order valence-electron chi connectivity index (χ1n) is 8.03. The van der Waals surface area contributed by atoms with Gasteiger partial charge in [0, 0.05) is 4.88 Å². The fraction of sp³-hybridized carbons (Fsp3) is 0.0500. The van der Waals surface area contributed by atoms with E-state index in [-0.39, 0.29) is 12.3 Å². The Morgan fingerprint density at radius 3 is 2.74 bits per heavy atom. The van der Waals surface area contributed by atoms with Gasteiger partial charge in [0.15, 0.2) is 0 Å². The lowest BCUT2D eigenvalue weighted by Crippen LogP contribution is -2.19. The summed E-state index contributed by atoms with van der Waals surface area (Å²) in [6, 6.07) is 17.3. The van der Waals surface area contributed by atoms with Gasteiger partial charge in [0.25, 0.3) is 0 Å². The van der Waals surface area contributed by atoms with Crippen molar-refractivity contribution in [3.8, 4) is 5.75 Å². The minimum atomic E-state index is -0.543. The van der Waals surface area contributed by atoms with Crippen LogP contribution < -0.4 is 10.2 Å². The van der Waals surface area contributed by atoms with Crippen LogP contribution in [-0.4, -0.2) is 18.1 Å². The van der Waals surface area contributed by atoms with Crippen molar-refractivity contribution in [2.45, 2.75) is 6.42 Å². The summed E-state index contributed by atoms with van der Waals surface area (Å²) in [5.41, 5.74) is 3.44. The molecule has 0 saturated heterocycles. The second kappa shape index (κ2) is 9.12. The maximum atomic E-state index is 12.2. The molecule has 1 N–H and O–H groups in total. The van der Waals surface area contributed by atoms with E-state index in [2.05, 4.69) is 10.5 Å². The second-order valence-electron chi connectivity index (χ2n) is 5.49. The highest BCUT2D eigenvalue weighted by Crippen LogP contribution is 2.19. The molecule has 0 aliphatic heterocycles. The summed E-state index contributed by atoms with van der Waals surface area (Å²) < 4.78 is 5.35. The van der Waals surface area contributed by atoms with Crippen LogP contribution in [-0.2, 0) is 11.2 Å². The molecule has 3 aromatic rings. The van der Waals surface area contributed by atoms with Crippen LogP contribution in [0.5, 0.6) is 5.75 Å². The summed E-state index contributed by atoms with van der Waals surface area (Å²) in [4.78, 5) is 25.0. The Labute approximate surface area is 165 Å². The molecule has 1 amide bonds. The summed E-state index contributed by atoms with van der Waals surface area (Å²) in [7, 11) is 0. The van der Waals surface area contributed by atoms with E-state index in [9.17, 15) is 9.59 Å². The monoisotopic (exact) mass is 398 g/mol. The Hall–Kier alpha value is -2.96. The zero-order valence-electron chi connectivity index (χ0n) is 14.1. The number of benzene rings is 2. The van der Waals surface area contributed by atoms with Gasteiger partial charge in [0.1, 0.15) is 5.75 Å². The number of thiophene rings is 1. The minimum Gasteiger partial charge on any atom is -0.423 e. The van der Waals surface area contributed by atoms with Crippen LogP contribution in [0.1, 0.15) is 20.8 Å². The molecule has 3 rings (SSSR count). The Bertz CT molecular complexity index is 971. The van der Waals surface area contributed by atoms with Crippen LogP contribution in [0.3, 0.4) is 0 Å². The maximum Gasteiger partial charge on any atom is 0.345 e. The van der Waals surface area contributed by atoms with Crippen LogP contribution in [0.2, 0.25) is 5.02 Å². The molecule has 0 saturated carbocycles. The first kappa shape index (κ1) is 18.8. The highest BCUT2D eigenvalue weighted by Gasteiger charge is 2.12. The first-order chi connectivity index (χ1) is 13.1. The van der Waals surface area contributed by atoms with Gasteiger partial charge in [-0.1, -0.05) is 41.9 Å². The number of rotatable bonds is 6. The number of nitrogens with one attached hydrogen (secondary N) is 1.